The highest BCUT2D eigenvalue weighted by Gasteiger charge is 2.17. The van der Waals surface area contributed by atoms with Crippen molar-refractivity contribution in [3.8, 4) is 28.5 Å². The molecule has 32 heavy (non-hydrogen) atoms. The van der Waals surface area contributed by atoms with Gasteiger partial charge in [0.15, 0.2) is 5.76 Å². The van der Waals surface area contributed by atoms with Crippen LogP contribution in [0.5, 0.6) is 5.75 Å². The largest absolute Gasteiger partial charge is 0.497 e. The predicted octanol–water partition coefficient (Wildman–Crippen LogP) is 3.92. The molecule has 162 valence electrons. The lowest BCUT2D eigenvalue weighted by molar-refractivity contribution is 0.102. The molecule has 0 aliphatic carbocycles. The number of sulfonamides is 1. The molecule has 0 fully saturated rings. The lowest BCUT2D eigenvalue weighted by Crippen LogP contribution is -2.14. The number of methoxy groups -OCH3 is 1. The normalized spacial score (nSPS) is 11.2. The minimum atomic E-state index is -3.81. The summed E-state index contributed by atoms with van der Waals surface area (Å²) in [6.07, 6.45) is 1.59. The third-order valence-electron chi connectivity index (χ3n) is 4.70. The second-order valence-corrected chi connectivity index (χ2v) is 8.39. The summed E-state index contributed by atoms with van der Waals surface area (Å²) in [6.45, 7) is 0. The van der Waals surface area contributed by atoms with Crippen LogP contribution in [0.1, 0.15) is 10.4 Å². The molecule has 3 N–H and O–H groups in total. The number of rotatable bonds is 6. The van der Waals surface area contributed by atoms with Crippen molar-refractivity contribution in [3.63, 3.8) is 0 Å². The number of anilines is 1. The van der Waals surface area contributed by atoms with Gasteiger partial charge in [0, 0.05) is 16.8 Å². The van der Waals surface area contributed by atoms with Crippen LogP contribution < -0.4 is 15.2 Å². The van der Waals surface area contributed by atoms with Crippen LogP contribution in [0.15, 0.2) is 88.3 Å². The summed E-state index contributed by atoms with van der Waals surface area (Å²) in [4.78, 5) is 17.2. The number of primary sulfonamides is 1. The second-order valence-electron chi connectivity index (χ2n) is 6.83. The van der Waals surface area contributed by atoms with Gasteiger partial charge in [-0.25, -0.2) is 18.5 Å². The van der Waals surface area contributed by atoms with Crippen molar-refractivity contribution in [2.24, 2.45) is 5.14 Å². The number of hydrogen-bond donors (Lipinski definition) is 2. The van der Waals surface area contributed by atoms with E-state index in [0.29, 0.717) is 28.3 Å². The Balaban J connectivity index is 1.61. The van der Waals surface area contributed by atoms with Gasteiger partial charge in [-0.15, -0.1) is 0 Å². The summed E-state index contributed by atoms with van der Waals surface area (Å²) in [6, 6.07) is 19.9. The predicted molar refractivity (Wildman–Crippen MR) is 120 cm³/mol. The number of carbonyl (C=O) groups excluding carboxylic acids is 1. The summed E-state index contributed by atoms with van der Waals surface area (Å²) in [5.74, 6) is 1.12. The molecule has 0 aliphatic heterocycles. The molecule has 3 aromatic carbocycles. The minimum Gasteiger partial charge on any atom is -0.497 e. The Morgan fingerprint density at radius 1 is 1.03 bits per heavy atom. The summed E-state index contributed by atoms with van der Waals surface area (Å²) in [5, 5.41) is 7.84. The number of benzene rings is 3. The van der Waals surface area contributed by atoms with E-state index in [2.05, 4.69) is 10.3 Å². The Kier molecular flexibility index (Phi) is 5.76. The van der Waals surface area contributed by atoms with E-state index >= 15 is 0 Å². The van der Waals surface area contributed by atoms with Gasteiger partial charge in [0.25, 0.3) is 5.91 Å². The quantitative estimate of drug-likeness (QED) is 0.460. The highest BCUT2D eigenvalue weighted by Crippen LogP contribution is 2.30. The van der Waals surface area contributed by atoms with Crippen molar-refractivity contribution < 1.29 is 22.4 Å². The number of amides is 1. The second kappa shape index (κ2) is 8.66. The molecule has 0 bridgehead atoms. The summed E-state index contributed by atoms with van der Waals surface area (Å²) >= 11 is 0. The zero-order chi connectivity index (χ0) is 22.7. The number of aromatic nitrogens is 1. The summed E-state index contributed by atoms with van der Waals surface area (Å²) in [7, 11) is -2.22. The number of nitrogens with one attached hydrogen (secondary N) is 1. The smallest absolute Gasteiger partial charge is 0.256 e. The van der Waals surface area contributed by atoms with Gasteiger partial charge in [0.1, 0.15) is 5.75 Å². The van der Waals surface area contributed by atoms with Crippen molar-refractivity contribution in [3.05, 3.63) is 84.6 Å². The van der Waals surface area contributed by atoms with Crippen LogP contribution in [-0.4, -0.2) is 26.4 Å². The van der Waals surface area contributed by atoms with E-state index in [0.717, 1.165) is 5.56 Å². The molecule has 8 nitrogen and oxygen atoms in total. The highest BCUT2D eigenvalue weighted by molar-refractivity contribution is 7.89. The van der Waals surface area contributed by atoms with E-state index in [1.165, 1.54) is 24.3 Å². The molecule has 1 amide bonds. The lowest BCUT2D eigenvalue weighted by atomic mass is 10.1. The summed E-state index contributed by atoms with van der Waals surface area (Å²) in [5.41, 5.74) is 2.07. The third-order valence-corrected chi connectivity index (χ3v) is 5.63. The van der Waals surface area contributed by atoms with Gasteiger partial charge >= 0.3 is 0 Å². The fourth-order valence-corrected chi connectivity index (χ4v) is 3.62. The van der Waals surface area contributed by atoms with Crippen LogP contribution in [0, 0.1) is 0 Å². The molecule has 0 radical (unpaired) electrons. The maximum Gasteiger partial charge on any atom is 0.256 e. The number of nitrogens with two attached hydrogens (primary N) is 1. The lowest BCUT2D eigenvalue weighted by Gasteiger charge is -2.09. The monoisotopic (exact) mass is 449 g/mol. The average Bonchev–Trinajstić information content (AvgIpc) is 3.29. The molecule has 0 spiro atoms. The molecule has 0 saturated heterocycles. The molecule has 0 saturated carbocycles. The van der Waals surface area contributed by atoms with E-state index in [-0.39, 0.29) is 10.8 Å². The van der Waals surface area contributed by atoms with Gasteiger partial charge in [-0.1, -0.05) is 24.3 Å². The van der Waals surface area contributed by atoms with Crippen LogP contribution in [0.25, 0.3) is 22.8 Å². The van der Waals surface area contributed by atoms with Gasteiger partial charge in [-0.05, 0) is 48.5 Å². The van der Waals surface area contributed by atoms with Crippen LogP contribution in [0.4, 0.5) is 5.69 Å². The van der Waals surface area contributed by atoms with Crippen LogP contribution in [-0.2, 0) is 10.0 Å². The molecule has 9 heteroatoms. The molecular formula is C23H19N3O5S. The molecule has 4 aromatic rings. The minimum absolute atomic E-state index is 0.0410. The first-order valence-corrected chi connectivity index (χ1v) is 11.0. The first-order chi connectivity index (χ1) is 15.3. The maximum atomic E-state index is 12.9. The number of oxazole rings is 1. The van der Waals surface area contributed by atoms with Gasteiger partial charge in [-0.2, -0.15) is 0 Å². The standard InChI is InChI=1S/C23H19N3O5S/c1-30-17-6-4-5-15(13-17)21-14-25-23(31-21)20-8-3-2-7-19(20)22(27)26-16-9-11-18(12-10-16)32(24,28)29/h2-14H,1H3,(H,26,27)(H2,24,28,29). The third kappa shape index (κ3) is 4.53. The molecule has 1 heterocycles. The highest BCUT2D eigenvalue weighted by atomic mass is 32.2. The Morgan fingerprint density at radius 2 is 1.78 bits per heavy atom. The summed E-state index contributed by atoms with van der Waals surface area (Å²) < 4.78 is 34.0. The van der Waals surface area contributed by atoms with Crippen molar-refractivity contribution in [2.75, 3.05) is 12.4 Å². The van der Waals surface area contributed by atoms with Crippen molar-refractivity contribution in [1.29, 1.82) is 0 Å². The van der Waals surface area contributed by atoms with Crippen LogP contribution in [0.2, 0.25) is 0 Å². The Labute approximate surface area is 184 Å². The number of hydrogen-bond acceptors (Lipinski definition) is 6. The molecule has 0 unspecified atom stereocenters. The van der Waals surface area contributed by atoms with Crippen molar-refractivity contribution in [1.82, 2.24) is 4.98 Å². The fraction of sp³-hybridized carbons (Fsp3) is 0.0435. The molecule has 0 atom stereocenters. The molecule has 1 aromatic heterocycles. The van der Waals surface area contributed by atoms with Crippen LogP contribution in [0.3, 0.4) is 0 Å². The van der Waals surface area contributed by atoms with Crippen molar-refractivity contribution >= 4 is 21.6 Å². The average molecular weight is 449 g/mol. The van der Waals surface area contributed by atoms with E-state index in [1.807, 2.05) is 24.3 Å². The zero-order valence-corrected chi connectivity index (χ0v) is 17.8. The number of ether oxygens (including phenoxy) is 1. The number of carbonyl (C=O) groups is 1. The van der Waals surface area contributed by atoms with Crippen molar-refractivity contribution in [2.45, 2.75) is 4.90 Å². The SMILES string of the molecule is COc1cccc(-c2cnc(-c3ccccc3C(=O)Nc3ccc(S(N)(=O)=O)cc3)o2)c1. The Bertz CT molecular complexity index is 1380. The Hall–Kier alpha value is -3.95. The molecule has 0 aliphatic rings. The fourth-order valence-electron chi connectivity index (χ4n) is 3.10. The maximum absolute atomic E-state index is 12.9. The topological polar surface area (TPSA) is 125 Å². The number of nitrogens with zero attached hydrogens (tertiary/aromatic N) is 1. The van der Waals surface area contributed by atoms with E-state index in [4.69, 9.17) is 14.3 Å². The Morgan fingerprint density at radius 3 is 2.50 bits per heavy atom. The molecular weight excluding hydrogens is 430 g/mol. The van der Waals surface area contributed by atoms with Gasteiger partial charge in [-0.3, -0.25) is 4.79 Å². The van der Waals surface area contributed by atoms with Crippen LogP contribution >= 0.6 is 0 Å². The first kappa shape index (κ1) is 21.3. The van der Waals surface area contributed by atoms with E-state index in [1.54, 1.807) is 37.6 Å². The zero-order valence-electron chi connectivity index (χ0n) is 17.0. The van der Waals surface area contributed by atoms with E-state index < -0.39 is 15.9 Å². The van der Waals surface area contributed by atoms with Gasteiger partial charge in [0.05, 0.1) is 23.8 Å². The first-order valence-electron chi connectivity index (χ1n) is 9.49. The molecule has 4 rings (SSSR count). The van der Waals surface area contributed by atoms with Gasteiger partial charge < -0.3 is 14.5 Å². The van der Waals surface area contributed by atoms with Gasteiger partial charge in [0.2, 0.25) is 15.9 Å². The van der Waals surface area contributed by atoms with E-state index in [9.17, 15) is 13.2 Å².